The molecule has 0 radical (unpaired) electrons. The average molecular weight is 544 g/mol. The van der Waals surface area contributed by atoms with Gasteiger partial charge in [-0.1, -0.05) is 51.5 Å². The van der Waals surface area contributed by atoms with Gasteiger partial charge in [0.05, 0.1) is 19.8 Å². The maximum atomic E-state index is 5.74. The summed E-state index contributed by atoms with van der Waals surface area (Å²) in [6.45, 7) is 12.0. The molecule has 31 heavy (non-hydrogen) atoms. The summed E-state index contributed by atoms with van der Waals surface area (Å²) in [5.74, 6) is 1.61. The lowest BCUT2D eigenvalue weighted by Crippen LogP contribution is -2.49. The summed E-state index contributed by atoms with van der Waals surface area (Å²) in [5.41, 5.74) is 3.32. The Morgan fingerprint density at radius 1 is 1.19 bits per heavy atom. The molecule has 6 heteroatoms. The number of guanidine groups is 1. The molecular formula is C25H42IN3O2. The molecule has 0 amide bonds. The molecule has 176 valence electrons. The van der Waals surface area contributed by atoms with Crippen LogP contribution >= 0.6 is 24.0 Å². The summed E-state index contributed by atoms with van der Waals surface area (Å²) in [7, 11) is 3.61. The molecule has 0 spiro atoms. The van der Waals surface area contributed by atoms with E-state index in [-0.39, 0.29) is 34.8 Å². The van der Waals surface area contributed by atoms with E-state index in [4.69, 9.17) is 9.47 Å². The lowest BCUT2D eigenvalue weighted by atomic mass is 9.64. The molecule has 1 heterocycles. The van der Waals surface area contributed by atoms with E-state index in [0.29, 0.717) is 19.1 Å². The molecule has 2 fully saturated rings. The van der Waals surface area contributed by atoms with Gasteiger partial charge in [0.1, 0.15) is 0 Å². The first kappa shape index (κ1) is 26.4. The molecule has 1 unspecified atom stereocenters. The topological polar surface area (TPSA) is 46.1 Å². The molecule has 2 aliphatic rings. The Kier molecular flexibility index (Phi) is 10.1. The number of aliphatic imine (C=N–C) groups is 1. The fraction of sp³-hybridized carbons (Fsp3) is 0.720. The van der Waals surface area contributed by atoms with Crippen molar-refractivity contribution in [3.8, 4) is 0 Å². The lowest BCUT2D eigenvalue weighted by Gasteiger charge is -2.43. The highest BCUT2D eigenvalue weighted by Crippen LogP contribution is 2.43. The second-order valence-electron chi connectivity index (χ2n) is 10.0. The highest BCUT2D eigenvalue weighted by atomic mass is 127. The maximum Gasteiger partial charge on any atom is 0.193 e. The van der Waals surface area contributed by atoms with Gasteiger partial charge in [-0.25, -0.2) is 0 Å². The second-order valence-corrected chi connectivity index (χ2v) is 10.0. The standard InChI is InChI=1S/C25H41N3O2.HI/c1-24(2,3)21-7-9-22(10-8-21)25(12-6-13-25)19-27-23(26-4)28-14-11-20(17-28)18-30-16-15-29-5;/h7-10,20H,6,11-19H2,1-5H3,(H,26,27);1H. The minimum absolute atomic E-state index is 0. The van der Waals surface area contributed by atoms with Gasteiger partial charge in [-0.2, -0.15) is 0 Å². The summed E-state index contributed by atoms with van der Waals surface area (Å²) in [6.07, 6.45) is 4.97. The number of halogens is 1. The van der Waals surface area contributed by atoms with Crippen molar-refractivity contribution in [3.05, 3.63) is 35.4 Å². The molecule has 3 rings (SSSR count). The van der Waals surface area contributed by atoms with E-state index in [1.807, 2.05) is 7.05 Å². The van der Waals surface area contributed by atoms with Gasteiger partial charge in [-0.3, -0.25) is 4.99 Å². The number of hydrogen-bond acceptors (Lipinski definition) is 3. The van der Waals surface area contributed by atoms with Crippen molar-refractivity contribution >= 4 is 29.9 Å². The van der Waals surface area contributed by atoms with Crippen LogP contribution in [0.4, 0.5) is 0 Å². The van der Waals surface area contributed by atoms with Crippen molar-refractivity contribution < 1.29 is 9.47 Å². The van der Waals surface area contributed by atoms with E-state index < -0.39 is 0 Å². The van der Waals surface area contributed by atoms with E-state index >= 15 is 0 Å². The van der Waals surface area contributed by atoms with Crippen molar-refractivity contribution in [2.24, 2.45) is 10.9 Å². The van der Waals surface area contributed by atoms with Crippen LogP contribution in [0.3, 0.4) is 0 Å². The van der Waals surface area contributed by atoms with Crippen molar-refractivity contribution in [1.29, 1.82) is 0 Å². The Labute approximate surface area is 206 Å². The Hall–Kier alpha value is -0.860. The van der Waals surface area contributed by atoms with E-state index in [2.05, 4.69) is 60.2 Å². The first-order chi connectivity index (χ1) is 14.4. The van der Waals surface area contributed by atoms with Crippen molar-refractivity contribution in [3.63, 3.8) is 0 Å². The molecule has 1 aliphatic heterocycles. The van der Waals surface area contributed by atoms with Crippen LogP contribution in [0.15, 0.2) is 29.3 Å². The van der Waals surface area contributed by atoms with Gasteiger partial charge in [0.15, 0.2) is 5.96 Å². The molecule has 1 saturated heterocycles. The van der Waals surface area contributed by atoms with Crippen LogP contribution in [0.5, 0.6) is 0 Å². The van der Waals surface area contributed by atoms with Crippen molar-refractivity contribution in [2.75, 3.05) is 53.6 Å². The Balaban J connectivity index is 0.00000341. The van der Waals surface area contributed by atoms with Crippen LogP contribution < -0.4 is 5.32 Å². The van der Waals surface area contributed by atoms with Gasteiger partial charge in [0.2, 0.25) is 0 Å². The normalized spacial score (nSPS) is 20.9. The van der Waals surface area contributed by atoms with Crippen LogP contribution in [0.2, 0.25) is 0 Å². The number of likely N-dealkylation sites (tertiary alicyclic amines) is 1. The molecule has 0 bridgehead atoms. The van der Waals surface area contributed by atoms with Crippen LogP contribution in [-0.4, -0.2) is 64.5 Å². The molecule has 1 saturated carbocycles. The molecule has 1 N–H and O–H groups in total. The number of rotatable bonds is 8. The number of hydrogen-bond donors (Lipinski definition) is 1. The molecule has 1 aromatic carbocycles. The van der Waals surface area contributed by atoms with Gasteiger partial charge < -0.3 is 19.7 Å². The SMILES string of the molecule is CN=C(NCC1(c2ccc(C(C)(C)C)cc2)CCC1)N1CCC(COCCOC)C1.I. The summed E-state index contributed by atoms with van der Waals surface area (Å²) in [6, 6.07) is 9.35. The van der Waals surface area contributed by atoms with Gasteiger partial charge in [-0.05, 0) is 35.8 Å². The third-order valence-electron chi connectivity index (χ3n) is 6.84. The highest BCUT2D eigenvalue weighted by Gasteiger charge is 2.39. The number of benzene rings is 1. The minimum atomic E-state index is 0. The average Bonchev–Trinajstić information content (AvgIpc) is 3.16. The fourth-order valence-electron chi connectivity index (χ4n) is 4.63. The number of nitrogens with one attached hydrogen (secondary N) is 1. The largest absolute Gasteiger partial charge is 0.382 e. The van der Waals surface area contributed by atoms with Gasteiger partial charge in [0.25, 0.3) is 0 Å². The van der Waals surface area contributed by atoms with Crippen LogP contribution in [0, 0.1) is 5.92 Å². The fourth-order valence-corrected chi connectivity index (χ4v) is 4.63. The van der Waals surface area contributed by atoms with Crippen LogP contribution in [0.1, 0.15) is 57.6 Å². The summed E-state index contributed by atoms with van der Waals surface area (Å²) < 4.78 is 10.8. The summed E-state index contributed by atoms with van der Waals surface area (Å²) in [4.78, 5) is 6.97. The minimum Gasteiger partial charge on any atom is -0.382 e. The van der Waals surface area contributed by atoms with Gasteiger partial charge in [-0.15, -0.1) is 24.0 Å². The molecule has 1 aliphatic carbocycles. The zero-order valence-corrected chi connectivity index (χ0v) is 22.4. The predicted octanol–water partition coefficient (Wildman–Crippen LogP) is 4.58. The van der Waals surface area contributed by atoms with Gasteiger partial charge in [0, 0.05) is 45.1 Å². The molecular weight excluding hydrogens is 501 g/mol. The molecule has 0 aromatic heterocycles. The predicted molar refractivity (Wildman–Crippen MR) is 140 cm³/mol. The Bertz CT molecular complexity index is 696. The van der Waals surface area contributed by atoms with Gasteiger partial charge >= 0.3 is 0 Å². The number of ether oxygens (including phenoxy) is 2. The summed E-state index contributed by atoms with van der Waals surface area (Å²) >= 11 is 0. The number of methoxy groups -OCH3 is 1. The van der Waals surface area contributed by atoms with Crippen molar-refractivity contribution in [2.45, 2.75) is 57.3 Å². The number of nitrogens with zero attached hydrogens (tertiary/aromatic N) is 2. The highest BCUT2D eigenvalue weighted by molar-refractivity contribution is 14.0. The lowest BCUT2D eigenvalue weighted by molar-refractivity contribution is 0.0536. The third-order valence-corrected chi connectivity index (χ3v) is 6.84. The van der Waals surface area contributed by atoms with E-state index in [0.717, 1.165) is 38.6 Å². The zero-order valence-electron chi connectivity index (χ0n) is 20.1. The third kappa shape index (κ3) is 6.81. The van der Waals surface area contributed by atoms with E-state index in [1.54, 1.807) is 7.11 Å². The second kappa shape index (κ2) is 11.8. The first-order valence-electron chi connectivity index (χ1n) is 11.5. The monoisotopic (exact) mass is 543 g/mol. The smallest absolute Gasteiger partial charge is 0.193 e. The molecule has 1 atom stereocenters. The molecule has 1 aromatic rings. The zero-order chi connectivity index (χ0) is 21.6. The van der Waals surface area contributed by atoms with Crippen LogP contribution in [-0.2, 0) is 20.3 Å². The Morgan fingerprint density at radius 2 is 1.90 bits per heavy atom. The van der Waals surface area contributed by atoms with E-state index in [1.165, 1.54) is 30.4 Å². The first-order valence-corrected chi connectivity index (χ1v) is 11.5. The van der Waals surface area contributed by atoms with E-state index in [9.17, 15) is 0 Å². The quantitative estimate of drug-likeness (QED) is 0.226. The maximum absolute atomic E-state index is 5.74. The van der Waals surface area contributed by atoms with Crippen LogP contribution in [0.25, 0.3) is 0 Å². The van der Waals surface area contributed by atoms with Crippen molar-refractivity contribution in [1.82, 2.24) is 10.2 Å². The Morgan fingerprint density at radius 3 is 2.45 bits per heavy atom. The molecule has 5 nitrogen and oxygen atoms in total. The summed E-state index contributed by atoms with van der Waals surface area (Å²) in [5, 5.41) is 3.71.